The molecule has 0 aliphatic heterocycles. The quantitative estimate of drug-likeness (QED) is 0.151. The van der Waals surface area contributed by atoms with Gasteiger partial charge in [-0.2, -0.15) is 11.3 Å². The number of nitrogens with two attached hydrogens (primary N) is 1. The van der Waals surface area contributed by atoms with Crippen molar-refractivity contribution < 1.29 is 4.39 Å². The maximum absolute atomic E-state index is 16.2. The summed E-state index contributed by atoms with van der Waals surface area (Å²) in [6, 6.07) is 16.1. The molecule has 1 aromatic carbocycles. The van der Waals surface area contributed by atoms with E-state index in [0.717, 1.165) is 39.1 Å². The van der Waals surface area contributed by atoms with Gasteiger partial charge in [-0.15, -0.1) is 0 Å². The molecule has 0 aliphatic rings. The van der Waals surface area contributed by atoms with Crippen LogP contribution in [0.3, 0.4) is 0 Å². The van der Waals surface area contributed by atoms with Crippen LogP contribution >= 0.6 is 11.3 Å². The molecule has 0 aliphatic carbocycles. The minimum atomic E-state index is -0.471. The number of thiophene rings is 1. The van der Waals surface area contributed by atoms with Crippen molar-refractivity contribution in [3.05, 3.63) is 160 Å². The number of rotatable bonds is 12. The van der Waals surface area contributed by atoms with Crippen molar-refractivity contribution in [3.8, 4) is 11.1 Å². The molecule has 4 aromatic rings. The van der Waals surface area contributed by atoms with Gasteiger partial charge in [0.2, 0.25) is 0 Å². The molecular weight excluding hydrogens is 527 g/mol. The van der Waals surface area contributed by atoms with Crippen LogP contribution in [0.5, 0.6) is 0 Å². The van der Waals surface area contributed by atoms with E-state index in [0.29, 0.717) is 29.0 Å². The number of nitrogens with one attached hydrogen (secondary N) is 2. The zero-order valence-electron chi connectivity index (χ0n) is 23.5. The normalized spacial score (nSPS) is 13.2. The van der Waals surface area contributed by atoms with Gasteiger partial charge >= 0.3 is 0 Å². The topological polar surface area (TPSA) is 66.7 Å². The summed E-state index contributed by atoms with van der Waals surface area (Å²) in [6.45, 7) is 15.8. The Bertz CT molecular complexity index is 1680. The lowest BCUT2D eigenvalue weighted by Crippen LogP contribution is -2.13. The summed E-state index contributed by atoms with van der Waals surface area (Å²) in [4.78, 5) is 7.84. The summed E-state index contributed by atoms with van der Waals surface area (Å²) in [5, 5.41) is 8.41. The fourth-order valence-electron chi connectivity index (χ4n) is 4.57. The largest absolute Gasteiger partial charge is 0.399 e. The lowest BCUT2D eigenvalue weighted by molar-refractivity contribution is 0.639. The van der Waals surface area contributed by atoms with Crippen molar-refractivity contribution in [2.24, 2.45) is 5.73 Å². The van der Waals surface area contributed by atoms with Gasteiger partial charge in [0.15, 0.2) is 0 Å². The number of fused-ring (bicyclic) bond motifs is 1. The van der Waals surface area contributed by atoms with E-state index in [1.54, 1.807) is 36.6 Å². The molecule has 0 bridgehead atoms. The highest BCUT2D eigenvalue weighted by molar-refractivity contribution is 7.08. The standard InChI is InChI=1S/C35H35FN4S/c1-6-26(19-28(7-2)39-23(4)18-25-12-10-9-11-13-25)24(5)34(36)32(33(37)8-3)21-29-20-31-30(27-15-17-41-22-27)14-16-38-35(31)40-29/h6-17,19-20,22,39H,2,4-5,18,21,37H2,1,3H3,(H,38,40)/b26-6+,28-19+,33-8+,34-32+. The van der Waals surface area contributed by atoms with Crippen LogP contribution in [0.2, 0.25) is 0 Å². The third-order valence-electron chi connectivity index (χ3n) is 6.75. The maximum Gasteiger partial charge on any atom is 0.138 e. The van der Waals surface area contributed by atoms with Crippen molar-refractivity contribution in [1.29, 1.82) is 0 Å². The number of nitrogens with zero attached hydrogens (tertiary/aromatic N) is 1. The maximum atomic E-state index is 16.2. The third-order valence-corrected chi connectivity index (χ3v) is 7.43. The average molecular weight is 563 g/mol. The first-order valence-corrected chi connectivity index (χ1v) is 14.3. The number of H-pyrrole nitrogens is 1. The zero-order chi connectivity index (χ0) is 29.4. The predicted molar refractivity (Wildman–Crippen MR) is 173 cm³/mol. The van der Waals surface area contributed by atoms with Crippen LogP contribution in [0.4, 0.5) is 4.39 Å². The second kappa shape index (κ2) is 13.6. The van der Waals surface area contributed by atoms with E-state index in [1.807, 2.05) is 66.9 Å². The Labute approximate surface area is 245 Å². The van der Waals surface area contributed by atoms with Gasteiger partial charge in [-0.1, -0.05) is 62.2 Å². The number of halogens is 1. The summed E-state index contributed by atoms with van der Waals surface area (Å²) in [7, 11) is 0. The first-order chi connectivity index (χ1) is 19.8. The van der Waals surface area contributed by atoms with Gasteiger partial charge < -0.3 is 16.0 Å². The van der Waals surface area contributed by atoms with Crippen molar-refractivity contribution in [2.45, 2.75) is 26.7 Å². The minimum Gasteiger partial charge on any atom is -0.399 e. The van der Waals surface area contributed by atoms with Crippen molar-refractivity contribution in [1.82, 2.24) is 15.3 Å². The molecule has 0 spiro atoms. The van der Waals surface area contributed by atoms with Crippen LogP contribution < -0.4 is 11.1 Å². The molecule has 6 heteroatoms. The number of hydrogen-bond acceptors (Lipinski definition) is 4. The fourth-order valence-corrected chi connectivity index (χ4v) is 5.23. The van der Waals surface area contributed by atoms with Gasteiger partial charge in [0.25, 0.3) is 0 Å². The van der Waals surface area contributed by atoms with Crippen molar-refractivity contribution >= 4 is 22.4 Å². The number of allylic oxidation sites excluding steroid dienone is 9. The van der Waals surface area contributed by atoms with Crippen LogP contribution in [-0.4, -0.2) is 9.97 Å². The Hall–Kier alpha value is -4.68. The molecular formula is C35H35FN4S. The summed E-state index contributed by atoms with van der Waals surface area (Å²) >= 11 is 1.64. The highest BCUT2D eigenvalue weighted by Gasteiger charge is 2.18. The van der Waals surface area contributed by atoms with E-state index >= 15 is 4.39 Å². The van der Waals surface area contributed by atoms with Crippen molar-refractivity contribution in [2.75, 3.05) is 0 Å². The third kappa shape index (κ3) is 7.10. The number of hydrogen-bond donors (Lipinski definition) is 3. The van der Waals surface area contributed by atoms with Gasteiger partial charge in [0, 0.05) is 58.4 Å². The molecule has 3 aromatic heterocycles. The Balaban J connectivity index is 1.61. The first-order valence-electron chi connectivity index (χ1n) is 13.3. The second-order valence-corrected chi connectivity index (χ2v) is 10.3. The van der Waals surface area contributed by atoms with E-state index in [2.05, 4.69) is 46.5 Å². The van der Waals surface area contributed by atoms with Crippen LogP contribution in [0.25, 0.3) is 22.2 Å². The summed E-state index contributed by atoms with van der Waals surface area (Å²) < 4.78 is 16.2. The predicted octanol–water partition coefficient (Wildman–Crippen LogP) is 8.84. The minimum absolute atomic E-state index is 0.232. The molecule has 208 valence electrons. The molecule has 0 radical (unpaired) electrons. The van der Waals surface area contributed by atoms with Gasteiger partial charge in [0.05, 0.1) is 0 Å². The molecule has 0 saturated heterocycles. The summed E-state index contributed by atoms with van der Waals surface area (Å²) in [5.41, 5.74) is 14.3. The number of aromatic amines is 1. The highest BCUT2D eigenvalue weighted by Crippen LogP contribution is 2.32. The van der Waals surface area contributed by atoms with E-state index in [-0.39, 0.29) is 12.0 Å². The lowest BCUT2D eigenvalue weighted by Gasteiger charge is -2.15. The molecule has 4 nitrogen and oxygen atoms in total. The van der Waals surface area contributed by atoms with Gasteiger partial charge in [-0.25, -0.2) is 9.37 Å². The molecule has 0 saturated carbocycles. The molecule has 3 heterocycles. The summed E-state index contributed by atoms with van der Waals surface area (Å²) in [6.07, 6.45) is 9.70. The average Bonchev–Trinajstić information content (AvgIpc) is 3.67. The Morgan fingerprint density at radius 3 is 2.54 bits per heavy atom. The molecule has 0 amide bonds. The zero-order valence-corrected chi connectivity index (χ0v) is 24.3. The Morgan fingerprint density at radius 1 is 1.10 bits per heavy atom. The van der Waals surface area contributed by atoms with Gasteiger partial charge in [-0.3, -0.25) is 0 Å². The SMILES string of the molecule is C=C/C(=C\C(=C/C)C(=C)/C(F)=C(Cc1cc2c(-c3ccsc3)ccnc2[nH]1)\C(N)=C/C)NC(=C)Cc1ccccc1. The van der Waals surface area contributed by atoms with Crippen LogP contribution in [0, 0.1) is 0 Å². The molecule has 0 unspecified atom stereocenters. The van der Waals surface area contributed by atoms with E-state index in [4.69, 9.17) is 5.73 Å². The molecule has 0 fully saturated rings. The smallest absolute Gasteiger partial charge is 0.138 e. The molecule has 41 heavy (non-hydrogen) atoms. The van der Waals surface area contributed by atoms with Crippen LogP contribution in [-0.2, 0) is 12.8 Å². The van der Waals surface area contributed by atoms with Crippen LogP contribution in [0.1, 0.15) is 25.1 Å². The first kappa shape index (κ1) is 29.3. The molecule has 4 rings (SSSR count). The van der Waals surface area contributed by atoms with E-state index in [9.17, 15) is 0 Å². The van der Waals surface area contributed by atoms with E-state index in [1.165, 1.54) is 0 Å². The Kier molecular flexibility index (Phi) is 9.72. The second-order valence-electron chi connectivity index (χ2n) is 9.56. The molecule has 0 atom stereocenters. The van der Waals surface area contributed by atoms with Gasteiger partial charge in [-0.05, 0) is 77.2 Å². The highest BCUT2D eigenvalue weighted by atomic mass is 32.1. The number of benzene rings is 1. The van der Waals surface area contributed by atoms with E-state index < -0.39 is 5.83 Å². The van der Waals surface area contributed by atoms with Crippen LogP contribution in [0.15, 0.2) is 149 Å². The summed E-state index contributed by atoms with van der Waals surface area (Å²) in [5.74, 6) is -0.471. The number of aromatic nitrogens is 2. The van der Waals surface area contributed by atoms with Gasteiger partial charge in [0.1, 0.15) is 11.5 Å². The number of pyridine rings is 1. The molecule has 4 N–H and O–H groups in total. The van der Waals surface area contributed by atoms with Crippen molar-refractivity contribution in [3.63, 3.8) is 0 Å². The fraction of sp³-hybridized carbons (Fsp3) is 0.114. The monoisotopic (exact) mass is 562 g/mol. The lowest BCUT2D eigenvalue weighted by atomic mass is 9.97. The Morgan fingerprint density at radius 2 is 1.88 bits per heavy atom.